The first-order valence-corrected chi connectivity index (χ1v) is 13.0. The molecule has 5 rings (SSSR count). The number of aryl methyl sites for hydroxylation is 4. The lowest BCUT2D eigenvalue weighted by atomic mass is 9.96. The normalized spacial score (nSPS) is 13.6. The number of carbonyl (C=O) groups is 2. The monoisotopic (exact) mass is 549 g/mol. The van der Waals surface area contributed by atoms with E-state index in [2.05, 4.69) is 5.10 Å². The highest BCUT2D eigenvalue weighted by Gasteiger charge is 2.29. The van der Waals surface area contributed by atoms with Gasteiger partial charge in [0.1, 0.15) is 5.56 Å². The molecule has 1 fully saturated rings. The van der Waals surface area contributed by atoms with Crippen molar-refractivity contribution in [2.45, 2.75) is 33.1 Å². The minimum atomic E-state index is -0.567. The van der Waals surface area contributed by atoms with Crippen molar-refractivity contribution in [3.8, 4) is 11.6 Å². The Kier molecular flexibility index (Phi) is 6.90. The van der Waals surface area contributed by atoms with E-state index in [4.69, 9.17) is 16.3 Å². The molecule has 2 aromatic carbocycles. The summed E-state index contributed by atoms with van der Waals surface area (Å²) in [5.41, 5.74) is 0.766. The zero-order chi connectivity index (χ0) is 28.0. The van der Waals surface area contributed by atoms with Crippen molar-refractivity contribution in [2.24, 2.45) is 14.1 Å². The van der Waals surface area contributed by atoms with Gasteiger partial charge in [0.05, 0.1) is 22.3 Å². The van der Waals surface area contributed by atoms with Crippen LogP contribution in [0.15, 0.2) is 46.0 Å². The lowest BCUT2D eigenvalue weighted by molar-refractivity contribution is 0.103. The van der Waals surface area contributed by atoms with Crippen LogP contribution < -0.4 is 16.0 Å². The zero-order valence-electron chi connectivity index (χ0n) is 22.2. The number of nitrogens with zero attached hydrogens (tertiary/aromatic N) is 5. The standard InChI is InChI=1S/C28H28ClN5O5/c1-16-20(24(35)23-17(2)30-32(4)26(23)39-28(38)33-13-6-5-7-14-33)11-12-21-22(16)25(36)34(27(37)31(21)3)19-10-8-9-18(29)15-19/h8-12,15H,5-7,13-14H2,1-4H3. The second-order valence-corrected chi connectivity index (χ2v) is 10.2. The Morgan fingerprint density at radius 2 is 1.72 bits per heavy atom. The van der Waals surface area contributed by atoms with E-state index in [0.717, 1.165) is 23.8 Å². The topological polar surface area (TPSA) is 108 Å². The largest absolute Gasteiger partial charge is 0.416 e. The average Bonchev–Trinajstić information content (AvgIpc) is 3.19. The summed E-state index contributed by atoms with van der Waals surface area (Å²) >= 11 is 6.12. The fourth-order valence-electron chi connectivity index (χ4n) is 5.16. The van der Waals surface area contributed by atoms with Gasteiger partial charge in [-0.25, -0.2) is 18.8 Å². The van der Waals surface area contributed by atoms with Crippen molar-refractivity contribution < 1.29 is 14.3 Å². The second-order valence-electron chi connectivity index (χ2n) is 9.73. The van der Waals surface area contributed by atoms with Crippen LogP contribution in [-0.2, 0) is 14.1 Å². The molecule has 0 bridgehead atoms. The summed E-state index contributed by atoms with van der Waals surface area (Å²) in [4.78, 5) is 55.3. The molecule has 0 atom stereocenters. The number of piperidine rings is 1. The molecule has 1 amide bonds. The first-order valence-electron chi connectivity index (χ1n) is 12.7. The number of hydrogen-bond donors (Lipinski definition) is 0. The number of rotatable bonds is 4. The third-order valence-corrected chi connectivity index (χ3v) is 7.44. The smallest absolute Gasteiger partial charge is 0.391 e. The van der Waals surface area contributed by atoms with Crippen LogP contribution in [0.3, 0.4) is 0 Å². The van der Waals surface area contributed by atoms with Crippen molar-refractivity contribution in [2.75, 3.05) is 13.1 Å². The maximum absolute atomic E-state index is 13.9. The lowest BCUT2D eigenvalue weighted by Crippen LogP contribution is -2.38. The zero-order valence-corrected chi connectivity index (χ0v) is 22.9. The van der Waals surface area contributed by atoms with Gasteiger partial charge in [-0.05, 0) is 69.0 Å². The molecule has 11 heteroatoms. The van der Waals surface area contributed by atoms with Gasteiger partial charge in [0.25, 0.3) is 5.56 Å². The molecule has 2 aromatic heterocycles. The Bertz CT molecular complexity index is 1760. The number of ether oxygens (including phenoxy) is 1. The molecule has 1 aliphatic heterocycles. The van der Waals surface area contributed by atoms with Crippen LogP contribution in [0.5, 0.6) is 5.88 Å². The first kappa shape index (κ1) is 26.4. The minimum Gasteiger partial charge on any atom is -0.391 e. The molecule has 4 aromatic rings. The van der Waals surface area contributed by atoms with E-state index in [1.54, 1.807) is 63.2 Å². The molecule has 3 heterocycles. The molecule has 1 aliphatic rings. The van der Waals surface area contributed by atoms with E-state index < -0.39 is 23.1 Å². The number of amides is 1. The number of halogens is 1. The quantitative estimate of drug-likeness (QED) is 0.357. The predicted octanol–water partition coefficient (Wildman–Crippen LogP) is 3.91. The summed E-state index contributed by atoms with van der Waals surface area (Å²) in [7, 11) is 3.17. The number of ketones is 1. The molecule has 10 nitrogen and oxygen atoms in total. The molecule has 0 aliphatic carbocycles. The third kappa shape index (κ3) is 4.54. The fraction of sp³-hybridized carbons (Fsp3) is 0.321. The van der Waals surface area contributed by atoms with Gasteiger partial charge in [-0.1, -0.05) is 17.7 Å². The number of aromatic nitrogens is 4. The maximum atomic E-state index is 13.9. The Labute approximate surface area is 229 Å². The second kappa shape index (κ2) is 10.2. The SMILES string of the molecule is Cc1nn(C)c(OC(=O)N2CCCCC2)c1C(=O)c1ccc2c(c1C)c(=O)n(-c1cccc(Cl)c1)c(=O)n2C. The maximum Gasteiger partial charge on any atom is 0.416 e. The van der Waals surface area contributed by atoms with Crippen LogP contribution in [-0.4, -0.2) is 48.8 Å². The molecular formula is C28H28ClN5O5. The Balaban J connectivity index is 1.64. The van der Waals surface area contributed by atoms with Crippen molar-refractivity contribution in [3.05, 3.63) is 84.6 Å². The summed E-state index contributed by atoms with van der Waals surface area (Å²) in [6, 6.07) is 9.60. The van der Waals surface area contributed by atoms with E-state index in [1.807, 2.05) is 0 Å². The number of hydrogen-bond acceptors (Lipinski definition) is 6. The average molecular weight is 550 g/mol. The van der Waals surface area contributed by atoms with Gasteiger partial charge in [0.15, 0.2) is 0 Å². The highest BCUT2D eigenvalue weighted by molar-refractivity contribution is 6.30. The molecule has 0 N–H and O–H groups in total. The molecular weight excluding hydrogens is 522 g/mol. The van der Waals surface area contributed by atoms with Crippen molar-refractivity contribution in [1.82, 2.24) is 23.8 Å². The number of carbonyl (C=O) groups excluding carboxylic acids is 2. The molecule has 202 valence electrons. The van der Waals surface area contributed by atoms with Gasteiger partial charge >= 0.3 is 11.8 Å². The summed E-state index contributed by atoms with van der Waals surface area (Å²) in [5, 5.41) is 4.92. The van der Waals surface area contributed by atoms with Gasteiger partial charge in [-0.3, -0.25) is 14.2 Å². The summed E-state index contributed by atoms with van der Waals surface area (Å²) in [5.74, 6) is -0.395. The van der Waals surface area contributed by atoms with Crippen molar-refractivity contribution in [1.29, 1.82) is 0 Å². The highest BCUT2D eigenvalue weighted by atomic mass is 35.5. The van der Waals surface area contributed by atoms with E-state index in [1.165, 1.54) is 15.3 Å². The number of benzene rings is 2. The Morgan fingerprint density at radius 3 is 2.41 bits per heavy atom. The number of fused-ring (bicyclic) bond motifs is 1. The first-order chi connectivity index (χ1) is 18.6. The Hall–Kier alpha value is -4.18. The van der Waals surface area contributed by atoms with Gasteiger partial charge in [-0.2, -0.15) is 5.10 Å². The summed E-state index contributed by atoms with van der Waals surface area (Å²) < 4.78 is 9.47. The third-order valence-electron chi connectivity index (χ3n) is 7.21. The molecule has 0 radical (unpaired) electrons. The van der Waals surface area contributed by atoms with Crippen LogP contribution in [0.25, 0.3) is 16.6 Å². The molecule has 39 heavy (non-hydrogen) atoms. The molecule has 0 unspecified atom stereocenters. The highest BCUT2D eigenvalue weighted by Crippen LogP contribution is 2.29. The predicted molar refractivity (Wildman–Crippen MR) is 147 cm³/mol. The van der Waals surface area contributed by atoms with Crippen molar-refractivity contribution in [3.63, 3.8) is 0 Å². The van der Waals surface area contributed by atoms with Crippen LogP contribution in [0.2, 0.25) is 5.02 Å². The van der Waals surface area contributed by atoms with Gasteiger partial charge in [-0.15, -0.1) is 0 Å². The van der Waals surface area contributed by atoms with Crippen LogP contribution >= 0.6 is 11.6 Å². The molecule has 0 spiro atoms. The molecule has 1 saturated heterocycles. The fourth-order valence-corrected chi connectivity index (χ4v) is 5.35. The van der Waals surface area contributed by atoms with Gasteiger partial charge in [0.2, 0.25) is 11.7 Å². The van der Waals surface area contributed by atoms with Crippen LogP contribution in [0.4, 0.5) is 4.79 Å². The summed E-state index contributed by atoms with van der Waals surface area (Å²) in [6.45, 7) is 4.52. The van der Waals surface area contributed by atoms with Crippen LogP contribution in [0.1, 0.15) is 46.4 Å². The van der Waals surface area contributed by atoms with Gasteiger partial charge in [0, 0.05) is 37.8 Å². The minimum absolute atomic E-state index is 0.0457. The van der Waals surface area contributed by atoms with E-state index in [0.29, 0.717) is 40.6 Å². The van der Waals surface area contributed by atoms with Gasteiger partial charge < -0.3 is 9.64 Å². The van der Waals surface area contributed by atoms with E-state index in [-0.39, 0.29) is 22.4 Å². The number of likely N-dealkylation sites (tertiary alicyclic amines) is 1. The Morgan fingerprint density at radius 1 is 1.00 bits per heavy atom. The lowest BCUT2D eigenvalue weighted by Gasteiger charge is -2.25. The van der Waals surface area contributed by atoms with Crippen molar-refractivity contribution >= 4 is 34.4 Å². The molecule has 0 saturated carbocycles. The van der Waals surface area contributed by atoms with Crippen LogP contribution in [0, 0.1) is 13.8 Å². The van der Waals surface area contributed by atoms with E-state index >= 15 is 0 Å². The van der Waals surface area contributed by atoms with E-state index in [9.17, 15) is 19.2 Å². The summed E-state index contributed by atoms with van der Waals surface area (Å²) in [6.07, 6.45) is 2.33.